The average molecular weight is 559 g/mol. The summed E-state index contributed by atoms with van der Waals surface area (Å²) in [6.07, 6.45) is 0.604. The number of aromatic nitrogens is 1. The van der Waals surface area contributed by atoms with E-state index >= 15 is 0 Å². The topological polar surface area (TPSA) is 140 Å². The van der Waals surface area contributed by atoms with Crippen LogP contribution in [-0.4, -0.2) is 102 Å². The molecule has 1 aliphatic rings. The maximum Gasteiger partial charge on any atom is 0.321 e. The molecule has 0 unspecified atom stereocenters. The zero-order chi connectivity index (χ0) is 29.6. The van der Waals surface area contributed by atoms with Crippen LogP contribution in [0, 0.1) is 19.8 Å². The van der Waals surface area contributed by atoms with Crippen LogP contribution in [0.5, 0.6) is 5.75 Å². The van der Waals surface area contributed by atoms with Crippen molar-refractivity contribution in [3.05, 3.63) is 35.2 Å². The summed E-state index contributed by atoms with van der Waals surface area (Å²) in [4.78, 5) is 44.2. The number of nitrogens with zero attached hydrogens (tertiary/aromatic N) is 4. The Morgan fingerprint density at radius 3 is 2.58 bits per heavy atom. The van der Waals surface area contributed by atoms with Crippen LogP contribution < -0.4 is 15.4 Å². The standard InChI is InChI=1S/C28H42N6O6/c1-17-14-34(18(2)16-35)27(37)22-13-21(29-25(36)9-8-12-32(5)6)10-11-23(22)39-24(17)15-33(7)28(38)30-26-19(3)31-40-20(26)4/h10-11,13,17-18,24,35H,8-9,12,14-16H2,1-7H3,(H,29,36)(H,30,38)/t17-,18+,24-/m1/s1. The molecule has 3 atom stereocenters. The number of amides is 4. The van der Waals surface area contributed by atoms with Gasteiger partial charge >= 0.3 is 6.03 Å². The van der Waals surface area contributed by atoms with Crippen LogP contribution in [0.2, 0.25) is 0 Å². The Kier molecular flexibility index (Phi) is 10.5. The lowest BCUT2D eigenvalue weighted by Crippen LogP contribution is -2.50. The van der Waals surface area contributed by atoms with Gasteiger partial charge in [0.15, 0.2) is 5.76 Å². The van der Waals surface area contributed by atoms with Crippen LogP contribution >= 0.6 is 0 Å². The Bertz CT molecular complexity index is 1180. The summed E-state index contributed by atoms with van der Waals surface area (Å²) in [7, 11) is 5.57. The maximum atomic E-state index is 13.6. The molecule has 3 N–H and O–H groups in total. The van der Waals surface area contributed by atoms with Crippen molar-refractivity contribution < 1.29 is 28.8 Å². The number of rotatable bonds is 10. The van der Waals surface area contributed by atoms with E-state index in [-0.39, 0.29) is 42.5 Å². The van der Waals surface area contributed by atoms with E-state index in [1.54, 1.807) is 50.9 Å². The van der Waals surface area contributed by atoms with E-state index in [0.717, 1.165) is 6.54 Å². The predicted octanol–water partition coefficient (Wildman–Crippen LogP) is 2.96. The van der Waals surface area contributed by atoms with Crippen LogP contribution in [0.15, 0.2) is 22.7 Å². The fourth-order valence-corrected chi connectivity index (χ4v) is 4.51. The second kappa shape index (κ2) is 13.6. The number of carbonyl (C=O) groups is 3. The summed E-state index contributed by atoms with van der Waals surface area (Å²) in [6, 6.07) is 4.19. The lowest BCUT2D eigenvalue weighted by molar-refractivity contribution is -0.116. The van der Waals surface area contributed by atoms with E-state index in [9.17, 15) is 19.5 Å². The molecule has 1 aliphatic heterocycles. The maximum absolute atomic E-state index is 13.6. The number of aliphatic hydroxyl groups excluding tert-OH is 1. The fraction of sp³-hybridized carbons (Fsp3) is 0.571. The number of carbonyl (C=O) groups excluding carboxylic acids is 3. The molecule has 2 heterocycles. The van der Waals surface area contributed by atoms with Crippen LogP contribution in [0.3, 0.4) is 0 Å². The number of aryl methyl sites for hydroxylation is 2. The molecule has 0 saturated carbocycles. The number of hydrogen-bond donors (Lipinski definition) is 3. The first-order valence-electron chi connectivity index (χ1n) is 13.5. The highest BCUT2D eigenvalue weighted by molar-refractivity contribution is 6.00. The van der Waals surface area contributed by atoms with Gasteiger partial charge in [0.05, 0.1) is 24.8 Å². The first-order valence-corrected chi connectivity index (χ1v) is 13.5. The second-order valence-corrected chi connectivity index (χ2v) is 10.8. The second-order valence-electron chi connectivity index (χ2n) is 10.8. The molecule has 0 bridgehead atoms. The van der Waals surface area contributed by atoms with Gasteiger partial charge in [0.25, 0.3) is 5.91 Å². The van der Waals surface area contributed by atoms with Gasteiger partial charge in [0.1, 0.15) is 23.2 Å². The number of ether oxygens (including phenoxy) is 1. The largest absolute Gasteiger partial charge is 0.487 e. The number of anilines is 2. The average Bonchev–Trinajstić information content (AvgIpc) is 3.22. The molecule has 12 nitrogen and oxygen atoms in total. The molecular weight excluding hydrogens is 516 g/mol. The van der Waals surface area contributed by atoms with Gasteiger partial charge in [0.2, 0.25) is 5.91 Å². The highest BCUT2D eigenvalue weighted by Crippen LogP contribution is 2.31. The van der Waals surface area contributed by atoms with Crippen molar-refractivity contribution in [2.75, 3.05) is 58.0 Å². The van der Waals surface area contributed by atoms with Crippen LogP contribution in [0.25, 0.3) is 0 Å². The quantitative estimate of drug-likeness (QED) is 0.404. The molecule has 12 heteroatoms. The molecule has 0 radical (unpaired) electrons. The fourth-order valence-electron chi connectivity index (χ4n) is 4.51. The van der Waals surface area contributed by atoms with E-state index in [2.05, 4.69) is 15.8 Å². The Labute approximate surface area is 235 Å². The summed E-state index contributed by atoms with van der Waals surface area (Å²) in [5, 5.41) is 19.5. The molecule has 0 fully saturated rings. The number of nitrogens with one attached hydrogen (secondary N) is 2. The third-order valence-corrected chi connectivity index (χ3v) is 7.02. The van der Waals surface area contributed by atoms with Crippen molar-refractivity contribution >= 4 is 29.2 Å². The van der Waals surface area contributed by atoms with E-state index in [1.165, 1.54) is 4.90 Å². The van der Waals surface area contributed by atoms with Crippen LogP contribution in [0.4, 0.5) is 16.2 Å². The molecule has 0 saturated heterocycles. The highest BCUT2D eigenvalue weighted by atomic mass is 16.5. The third kappa shape index (κ3) is 7.72. The van der Waals surface area contributed by atoms with Gasteiger partial charge in [-0.2, -0.15) is 0 Å². The summed E-state index contributed by atoms with van der Waals surface area (Å²) < 4.78 is 11.5. The van der Waals surface area contributed by atoms with Gasteiger partial charge in [0, 0.05) is 31.6 Å². The number of aliphatic hydroxyl groups is 1. The van der Waals surface area contributed by atoms with Crippen molar-refractivity contribution in [3.63, 3.8) is 0 Å². The number of likely N-dealkylation sites (N-methyl/N-ethyl adjacent to an activating group) is 1. The lowest BCUT2D eigenvalue weighted by atomic mass is 9.99. The number of hydrogen-bond acceptors (Lipinski definition) is 8. The Balaban J connectivity index is 1.82. The minimum Gasteiger partial charge on any atom is -0.487 e. The van der Waals surface area contributed by atoms with Crippen molar-refractivity contribution in [1.29, 1.82) is 0 Å². The highest BCUT2D eigenvalue weighted by Gasteiger charge is 2.34. The molecule has 1 aromatic carbocycles. The minimum absolute atomic E-state index is 0.140. The van der Waals surface area contributed by atoms with Gasteiger partial charge in [-0.25, -0.2) is 4.79 Å². The monoisotopic (exact) mass is 558 g/mol. The molecule has 1 aromatic heterocycles. The Hall–Kier alpha value is -3.64. The molecule has 4 amide bonds. The third-order valence-electron chi connectivity index (χ3n) is 7.02. The smallest absolute Gasteiger partial charge is 0.321 e. The van der Waals surface area contributed by atoms with Gasteiger partial charge in [-0.3, -0.25) is 9.59 Å². The molecule has 3 rings (SSSR count). The Morgan fingerprint density at radius 1 is 1.23 bits per heavy atom. The van der Waals surface area contributed by atoms with Crippen molar-refractivity contribution in [2.24, 2.45) is 5.92 Å². The van der Waals surface area contributed by atoms with E-state index in [1.807, 2.05) is 25.9 Å². The number of fused-ring (bicyclic) bond motifs is 1. The lowest BCUT2D eigenvalue weighted by Gasteiger charge is -2.38. The van der Waals surface area contributed by atoms with Crippen molar-refractivity contribution in [2.45, 2.75) is 52.7 Å². The zero-order valence-electron chi connectivity index (χ0n) is 24.5. The molecule has 220 valence electrons. The Morgan fingerprint density at radius 2 is 1.95 bits per heavy atom. The minimum atomic E-state index is -0.466. The SMILES string of the molecule is Cc1noc(C)c1NC(=O)N(C)C[C@H]1Oc2ccc(NC(=O)CCCN(C)C)cc2C(=O)N([C@@H](C)CO)C[C@H]1C. The first kappa shape index (κ1) is 30.9. The molecule has 2 aromatic rings. The predicted molar refractivity (Wildman–Crippen MR) is 152 cm³/mol. The first-order chi connectivity index (χ1) is 18.9. The van der Waals surface area contributed by atoms with Crippen molar-refractivity contribution in [3.8, 4) is 5.75 Å². The summed E-state index contributed by atoms with van der Waals surface area (Å²) in [5.41, 5.74) is 1.88. The van der Waals surface area contributed by atoms with Gasteiger partial charge in [-0.05, 0) is 66.0 Å². The molecule has 40 heavy (non-hydrogen) atoms. The van der Waals surface area contributed by atoms with Crippen molar-refractivity contribution in [1.82, 2.24) is 19.9 Å². The molecular formula is C28H42N6O6. The number of benzene rings is 1. The zero-order valence-corrected chi connectivity index (χ0v) is 24.5. The summed E-state index contributed by atoms with van der Waals surface area (Å²) >= 11 is 0. The van der Waals surface area contributed by atoms with E-state index in [0.29, 0.717) is 48.0 Å². The number of urea groups is 1. The molecule has 0 aliphatic carbocycles. The normalized spacial score (nSPS) is 17.9. The van der Waals surface area contributed by atoms with Gasteiger partial charge < -0.3 is 39.7 Å². The molecule has 0 spiro atoms. The van der Waals surface area contributed by atoms with Gasteiger partial charge in [-0.15, -0.1) is 0 Å². The summed E-state index contributed by atoms with van der Waals surface area (Å²) in [5.74, 6) is 0.254. The summed E-state index contributed by atoms with van der Waals surface area (Å²) in [6.45, 7) is 8.33. The van der Waals surface area contributed by atoms with E-state index in [4.69, 9.17) is 9.26 Å². The van der Waals surface area contributed by atoms with Crippen LogP contribution in [0.1, 0.15) is 48.5 Å². The van der Waals surface area contributed by atoms with Crippen LogP contribution in [-0.2, 0) is 4.79 Å². The van der Waals surface area contributed by atoms with Gasteiger partial charge in [-0.1, -0.05) is 12.1 Å². The van der Waals surface area contributed by atoms with E-state index < -0.39 is 12.1 Å².